The number of carbonyl (C=O) groups is 1. The molecule has 0 unspecified atom stereocenters. The van der Waals surface area contributed by atoms with E-state index in [9.17, 15) is 4.79 Å². The second-order valence-corrected chi connectivity index (χ2v) is 8.29. The molecule has 4 N–H and O–H groups in total. The van der Waals surface area contributed by atoms with Crippen molar-refractivity contribution in [2.45, 2.75) is 51.3 Å². The average molecular weight is 401 g/mol. The zero-order valence-corrected chi connectivity index (χ0v) is 17.3. The summed E-state index contributed by atoms with van der Waals surface area (Å²) in [4.78, 5) is 25.0. The van der Waals surface area contributed by atoms with Crippen molar-refractivity contribution in [3.05, 3.63) is 35.7 Å². The van der Waals surface area contributed by atoms with Gasteiger partial charge in [-0.05, 0) is 37.3 Å². The Kier molecular flexibility index (Phi) is 7.08. The first-order chi connectivity index (χ1) is 13.5. The maximum Gasteiger partial charge on any atom is 0.232 e. The summed E-state index contributed by atoms with van der Waals surface area (Å²) in [5.74, 6) is 2.66. The molecule has 1 aromatic heterocycles. The summed E-state index contributed by atoms with van der Waals surface area (Å²) in [5, 5.41) is 6.35. The standard InChI is InChI=1S/C20H28N6OS/c1-13-7-3-5-9-15(13)22-18(27)12-28-11-17-24-19(21)26-20(25-17)23-16-10-6-4-8-14(16)2/h4,6,8,10,13,15H,3,5,7,9,11-12H2,1-2H3,(H,22,27)(H3,21,23,24,25,26)/t13-,15-/m1/s1. The van der Waals surface area contributed by atoms with E-state index in [4.69, 9.17) is 5.73 Å². The molecule has 1 amide bonds. The number of para-hydroxylation sites is 1. The van der Waals surface area contributed by atoms with E-state index in [1.165, 1.54) is 31.0 Å². The highest BCUT2D eigenvalue weighted by molar-refractivity contribution is 7.99. The molecular formula is C20H28N6OS. The minimum atomic E-state index is 0.0732. The number of amides is 1. The molecule has 0 aliphatic heterocycles. The van der Waals surface area contributed by atoms with E-state index in [2.05, 4.69) is 32.5 Å². The molecular weight excluding hydrogens is 372 g/mol. The lowest BCUT2D eigenvalue weighted by Gasteiger charge is -2.29. The first kappa shape index (κ1) is 20.4. The van der Waals surface area contributed by atoms with E-state index in [0.717, 1.165) is 17.7 Å². The Morgan fingerprint density at radius 2 is 2.00 bits per heavy atom. The fraction of sp³-hybridized carbons (Fsp3) is 0.500. The summed E-state index contributed by atoms with van der Waals surface area (Å²) in [6.07, 6.45) is 4.74. The lowest BCUT2D eigenvalue weighted by atomic mass is 9.86. The van der Waals surface area contributed by atoms with Gasteiger partial charge in [-0.2, -0.15) is 15.0 Å². The molecule has 8 heteroatoms. The smallest absolute Gasteiger partial charge is 0.232 e. The van der Waals surface area contributed by atoms with Gasteiger partial charge in [0.25, 0.3) is 0 Å². The van der Waals surface area contributed by atoms with Gasteiger partial charge in [-0.15, -0.1) is 11.8 Å². The second kappa shape index (κ2) is 9.73. The fourth-order valence-corrected chi connectivity index (χ4v) is 4.09. The number of hydrogen-bond acceptors (Lipinski definition) is 7. The van der Waals surface area contributed by atoms with Crippen LogP contribution in [0.5, 0.6) is 0 Å². The van der Waals surface area contributed by atoms with Crippen molar-refractivity contribution >= 4 is 35.3 Å². The number of thioether (sulfide) groups is 1. The van der Waals surface area contributed by atoms with Crippen molar-refractivity contribution in [2.75, 3.05) is 16.8 Å². The predicted octanol–water partition coefficient (Wildman–Crippen LogP) is 3.43. The fourth-order valence-electron chi connectivity index (χ4n) is 3.41. The van der Waals surface area contributed by atoms with Gasteiger partial charge in [0, 0.05) is 11.7 Å². The molecule has 28 heavy (non-hydrogen) atoms. The largest absolute Gasteiger partial charge is 0.368 e. The Hall–Kier alpha value is -2.35. The summed E-state index contributed by atoms with van der Waals surface area (Å²) in [5.41, 5.74) is 7.84. The third-order valence-corrected chi connectivity index (χ3v) is 5.94. The molecule has 1 aliphatic carbocycles. The number of nitrogens with one attached hydrogen (secondary N) is 2. The molecule has 0 radical (unpaired) electrons. The van der Waals surface area contributed by atoms with Gasteiger partial charge in [-0.3, -0.25) is 4.79 Å². The summed E-state index contributed by atoms with van der Waals surface area (Å²) in [6, 6.07) is 8.20. The Labute approximate surface area is 170 Å². The zero-order chi connectivity index (χ0) is 19.9. The van der Waals surface area contributed by atoms with Gasteiger partial charge in [-0.25, -0.2) is 0 Å². The average Bonchev–Trinajstić information content (AvgIpc) is 2.65. The normalized spacial score (nSPS) is 19.2. The first-order valence-corrected chi connectivity index (χ1v) is 10.9. The molecule has 3 rings (SSSR count). The van der Waals surface area contributed by atoms with Crippen LogP contribution in [0.1, 0.15) is 44.0 Å². The lowest BCUT2D eigenvalue weighted by molar-refractivity contribution is -0.119. The Morgan fingerprint density at radius 1 is 1.21 bits per heavy atom. The van der Waals surface area contributed by atoms with E-state index in [-0.39, 0.29) is 11.9 Å². The summed E-state index contributed by atoms with van der Waals surface area (Å²) >= 11 is 1.48. The Morgan fingerprint density at radius 3 is 2.79 bits per heavy atom. The Bertz CT molecular complexity index is 815. The maximum absolute atomic E-state index is 12.2. The van der Waals surface area contributed by atoms with E-state index in [1.54, 1.807) is 0 Å². The maximum atomic E-state index is 12.2. The van der Waals surface area contributed by atoms with Crippen LogP contribution < -0.4 is 16.4 Å². The quantitative estimate of drug-likeness (QED) is 0.654. The van der Waals surface area contributed by atoms with Crippen molar-refractivity contribution in [3.63, 3.8) is 0 Å². The number of rotatable bonds is 7. The van der Waals surface area contributed by atoms with Crippen LogP contribution in [0.2, 0.25) is 0 Å². The second-order valence-electron chi connectivity index (χ2n) is 7.30. The number of benzene rings is 1. The van der Waals surface area contributed by atoms with Gasteiger partial charge in [0.1, 0.15) is 5.82 Å². The van der Waals surface area contributed by atoms with Crippen molar-refractivity contribution in [1.29, 1.82) is 0 Å². The van der Waals surface area contributed by atoms with Crippen molar-refractivity contribution in [2.24, 2.45) is 5.92 Å². The van der Waals surface area contributed by atoms with Crippen LogP contribution in [0.3, 0.4) is 0 Å². The number of aryl methyl sites for hydroxylation is 1. The summed E-state index contributed by atoms with van der Waals surface area (Å²) in [7, 11) is 0. The minimum absolute atomic E-state index is 0.0732. The molecule has 2 aromatic rings. The SMILES string of the molecule is Cc1ccccc1Nc1nc(N)nc(CSCC(=O)N[C@@H]2CCCC[C@H]2C)n1. The first-order valence-electron chi connectivity index (χ1n) is 9.71. The van der Waals surface area contributed by atoms with Gasteiger partial charge in [-0.1, -0.05) is 38.0 Å². The van der Waals surface area contributed by atoms with Gasteiger partial charge in [0.15, 0.2) is 0 Å². The van der Waals surface area contributed by atoms with E-state index in [0.29, 0.717) is 35.2 Å². The number of nitrogen functional groups attached to an aromatic ring is 1. The molecule has 2 atom stereocenters. The van der Waals surface area contributed by atoms with Crippen molar-refractivity contribution in [1.82, 2.24) is 20.3 Å². The highest BCUT2D eigenvalue weighted by atomic mass is 32.2. The molecule has 150 valence electrons. The summed E-state index contributed by atoms with van der Waals surface area (Å²) < 4.78 is 0. The van der Waals surface area contributed by atoms with Crippen molar-refractivity contribution < 1.29 is 4.79 Å². The number of anilines is 3. The molecule has 0 saturated heterocycles. The molecule has 0 spiro atoms. The van der Waals surface area contributed by atoms with Gasteiger partial charge >= 0.3 is 0 Å². The Balaban J connectivity index is 1.52. The number of nitrogens with zero attached hydrogens (tertiary/aromatic N) is 3. The molecule has 0 bridgehead atoms. The highest BCUT2D eigenvalue weighted by Gasteiger charge is 2.22. The molecule has 1 saturated carbocycles. The molecule has 7 nitrogen and oxygen atoms in total. The molecule has 1 heterocycles. The zero-order valence-electron chi connectivity index (χ0n) is 16.4. The predicted molar refractivity (Wildman–Crippen MR) is 114 cm³/mol. The monoisotopic (exact) mass is 400 g/mol. The third kappa shape index (κ3) is 5.82. The van der Waals surface area contributed by atoms with Crippen LogP contribution in [0.4, 0.5) is 17.6 Å². The topological polar surface area (TPSA) is 106 Å². The highest BCUT2D eigenvalue weighted by Crippen LogP contribution is 2.24. The minimum Gasteiger partial charge on any atom is -0.368 e. The van der Waals surface area contributed by atoms with E-state index >= 15 is 0 Å². The van der Waals surface area contributed by atoms with Crippen LogP contribution in [0, 0.1) is 12.8 Å². The number of carbonyl (C=O) groups excluding carboxylic acids is 1. The molecule has 1 aliphatic rings. The third-order valence-electron chi connectivity index (χ3n) is 5.01. The number of nitrogens with two attached hydrogens (primary N) is 1. The van der Waals surface area contributed by atoms with Crippen LogP contribution in [-0.4, -0.2) is 32.7 Å². The van der Waals surface area contributed by atoms with E-state index in [1.807, 2.05) is 31.2 Å². The van der Waals surface area contributed by atoms with E-state index < -0.39 is 0 Å². The van der Waals surface area contributed by atoms with Gasteiger partial charge in [0.05, 0.1) is 11.5 Å². The van der Waals surface area contributed by atoms with Crippen LogP contribution >= 0.6 is 11.8 Å². The molecule has 1 fully saturated rings. The van der Waals surface area contributed by atoms with Crippen molar-refractivity contribution in [3.8, 4) is 0 Å². The number of aromatic nitrogens is 3. The lowest BCUT2D eigenvalue weighted by Crippen LogP contribution is -2.41. The number of hydrogen-bond donors (Lipinski definition) is 3. The molecule has 1 aromatic carbocycles. The summed E-state index contributed by atoms with van der Waals surface area (Å²) in [6.45, 7) is 4.23. The van der Waals surface area contributed by atoms with Crippen LogP contribution in [0.25, 0.3) is 0 Å². The van der Waals surface area contributed by atoms with Crippen LogP contribution in [0.15, 0.2) is 24.3 Å². The van der Waals surface area contributed by atoms with Crippen LogP contribution in [-0.2, 0) is 10.5 Å². The van der Waals surface area contributed by atoms with Gasteiger partial charge < -0.3 is 16.4 Å². The van der Waals surface area contributed by atoms with Gasteiger partial charge in [0.2, 0.25) is 17.8 Å².